The van der Waals surface area contributed by atoms with E-state index in [0.29, 0.717) is 6.42 Å². The normalized spacial score (nSPS) is 10.5. The predicted octanol–water partition coefficient (Wildman–Crippen LogP) is 5.29. The Balaban J connectivity index is 2.04. The summed E-state index contributed by atoms with van der Waals surface area (Å²) >= 11 is 0. The Morgan fingerprint density at radius 1 is 0.952 bits per heavy atom. The van der Waals surface area contributed by atoms with Gasteiger partial charge in [-0.05, 0) is 18.6 Å². The summed E-state index contributed by atoms with van der Waals surface area (Å²) in [6, 6.07) is 13.6. The van der Waals surface area contributed by atoms with E-state index in [4.69, 9.17) is 0 Å². The van der Waals surface area contributed by atoms with Gasteiger partial charge < -0.3 is 0 Å². The van der Waals surface area contributed by atoms with Crippen LogP contribution in [0, 0.1) is 0 Å². The molecule has 0 aliphatic rings. The zero-order valence-electron chi connectivity index (χ0n) is 12.7. The molecule has 0 bridgehead atoms. The SMILES string of the molecule is CCCCCCCC(=O)c1ccccc1-c1ccccn1. The summed E-state index contributed by atoms with van der Waals surface area (Å²) in [4.78, 5) is 16.8. The number of ketones is 1. The van der Waals surface area contributed by atoms with Crippen molar-refractivity contribution in [1.29, 1.82) is 0 Å². The van der Waals surface area contributed by atoms with Gasteiger partial charge in [-0.1, -0.05) is 62.9 Å². The minimum Gasteiger partial charge on any atom is -0.294 e. The Labute approximate surface area is 127 Å². The zero-order valence-corrected chi connectivity index (χ0v) is 12.7. The van der Waals surface area contributed by atoms with Crippen molar-refractivity contribution in [1.82, 2.24) is 4.98 Å². The number of unbranched alkanes of at least 4 members (excludes halogenated alkanes) is 4. The predicted molar refractivity (Wildman–Crippen MR) is 87.4 cm³/mol. The van der Waals surface area contributed by atoms with Crippen molar-refractivity contribution < 1.29 is 4.79 Å². The van der Waals surface area contributed by atoms with E-state index in [0.717, 1.165) is 29.7 Å². The first-order valence-corrected chi connectivity index (χ1v) is 7.86. The Morgan fingerprint density at radius 3 is 2.48 bits per heavy atom. The molecular formula is C19H23NO. The van der Waals surface area contributed by atoms with Crippen molar-refractivity contribution in [2.24, 2.45) is 0 Å². The highest BCUT2D eigenvalue weighted by Crippen LogP contribution is 2.23. The van der Waals surface area contributed by atoms with Crippen LogP contribution in [0.25, 0.3) is 11.3 Å². The maximum Gasteiger partial charge on any atom is 0.163 e. The Hall–Kier alpha value is -1.96. The van der Waals surface area contributed by atoms with Gasteiger partial charge in [-0.25, -0.2) is 0 Å². The third-order valence-corrected chi connectivity index (χ3v) is 3.68. The maximum atomic E-state index is 12.4. The second kappa shape index (κ2) is 8.35. The van der Waals surface area contributed by atoms with Crippen LogP contribution < -0.4 is 0 Å². The number of rotatable bonds is 8. The Morgan fingerprint density at radius 2 is 1.71 bits per heavy atom. The van der Waals surface area contributed by atoms with E-state index in [1.807, 2.05) is 42.5 Å². The molecule has 2 rings (SSSR count). The summed E-state index contributed by atoms with van der Waals surface area (Å²) in [5.41, 5.74) is 2.61. The van der Waals surface area contributed by atoms with E-state index >= 15 is 0 Å². The lowest BCUT2D eigenvalue weighted by Crippen LogP contribution is -2.02. The van der Waals surface area contributed by atoms with Crippen LogP contribution in [0.2, 0.25) is 0 Å². The number of carbonyl (C=O) groups excluding carboxylic acids is 1. The van der Waals surface area contributed by atoms with Gasteiger partial charge in [0, 0.05) is 23.7 Å². The summed E-state index contributed by atoms with van der Waals surface area (Å²) in [5, 5.41) is 0. The van der Waals surface area contributed by atoms with Crippen LogP contribution in [-0.2, 0) is 0 Å². The Kier molecular flexibility index (Phi) is 6.14. The summed E-state index contributed by atoms with van der Waals surface area (Å²) in [5.74, 6) is 0.229. The molecule has 2 heteroatoms. The number of hydrogen-bond acceptors (Lipinski definition) is 2. The van der Waals surface area contributed by atoms with Crippen molar-refractivity contribution in [3.8, 4) is 11.3 Å². The molecule has 0 radical (unpaired) electrons. The molecule has 21 heavy (non-hydrogen) atoms. The first-order chi connectivity index (χ1) is 10.3. The summed E-state index contributed by atoms with van der Waals surface area (Å²) in [6.07, 6.45) is 8.25. The lowest BCUT2D eigenvalue weighted by Gasteiger charge is -2.08. The highest BCUT2D eigenvalue weighted by Gasteiger charge is 2.12. The van der Waals surface area contributed by atoms with E-state index in [1.165, 1.54) is 19.3 Å². The van der Waals surface area contributed by atoms with E-state index in [2.05, 4.69) is 11.9 Å². The summed E-state index contributed by atoms with van der Waals surface area (Å²) in [7, 11) is 0. The number of nitrogens with zero attached hydrogens (tertiary/aromatic N) is 1. The summed E-state index contributed by atoms with van der Waals surface area (Å²) < 4.78 is 0. The quantitative estimate of drug-likeness (QED) is 0.486. The highest BCUT2D eigenvalue weighted by molar-refractivity contribution is 6.01. The lowest BCUT2D eigenvalue weighted by atomic mass is 9.97. The molecule has 1 aromatic heterocycles. The molecule has 0 aliphatic carbocycles. The van der Waals surface area contributed by atoms with Crippen molar-refractivity contribution >= 4 is 5.78 Å². The molecule has 2 aromatic rings. The second-order valence-corrected chi connectivity index (χ2v) is 5.35. The molecule has 0 fully saturated rings. The van der Waals surface area contributed by atoms with Gasteiger partial charge in [-0.2, -0.15) is 0 Å². The number of aromatic nitrogens is 1. The zero-order chi connectivity index (χ0) is 14.9. The fourth-order valence-electron chi connectivity index (χ4n) is 2.50. The number of benzene rings is 1. The first-order valence-electron chi connectivity index (χ1n) is 7.86. The third kappa shape index (κ3) is 4.52. The fraction of sp³-hybridized carbons (Fsp3) is 0.368. The molecule has 2 nitrogen and oxygen atoms in total. The molecular weight excluding hydrogens is 258 g/mol. The van der Waals surface area contributed by atoms with Gasteiger partial charge in [0.15, 0.2) is 5.78 Å². The standard InChI is InChI=1S/C19H23NO/c1-2-3-4-5-6-14-19(21)17-12-8-7-11-16(17)18-13-9-10-15-20-18/h7-13,15H,2-6,14H2,1H3. The number of pyridine rings is 1. The van der Waals surface area contributed by atoms with Gasteiger partial charge in [0.1, 0.15) is 0 Å². The van der Waals surface area contributed by atoms with Crippen molar-refractivity contribution in [2.75, 3.05) is 0 Å². The van der Waals surface area contributed by atoms with E-state index in [9.17, 15) is 4.79 Å². The molecule has 110 valence electrons. The van der Waals surface area contributed by atoms with Crippen LogP contribution in [-0.4, -0.2) is 10.8 Å². The minimum atomic E-state index is 0.229. The van der Waals surface area contributed by atoms with Gasteiger partial charge in [0.25, 0.3) is 0 Å². The van der Waals surface area contributed by atoms with E-state index in [-0.39, 0.29) is 5.78 Å². The molecule has 0 atom stereocenters. The van der Waals surface area contributed by atoms with Crippen LogP contribution >= 0.6 is 0 Å². The van der Waals surface area contributed by atoms with Crippen LogP contribution in [0.3, 0.4) is 0 Å². The first kappa shape index (κ1) is 15.4. The largest absolute Gasteiger partial charge is 0.294 e. The smallest absolute Gasteiger partial charge is 0.163 e. The minimum absolute atomic E-state index is 0.229. The van der Waals surface area contributed by atoms with Gasteiger partial charge >= 0.3 is 0 Å². The molecule has 0 amide bonds. The van der Waals surface area contributed by atoms with Crippen molar-refractivity contribution in [3.05, 3.63) is 54.2 Å². The molecule has 0 unspecified atom stereocenters. The Bertz CT molecular complexity index is 563. The van der Waals surface area contributed by atoms with Crippen LogP contribution in [0.1, 0.15) is 55.8 Å². The lowest BCUT2D eigenvalue weighted by molar-refractivity contribution is 0.0979. The van der Waals surface area contributed by atoms with Crippen LogP contribution in [0.15, 0.2) is 48.7 Å². The van der Waals surface area contributed by atoms with E-state index < -0.39 is 0 Å². The van der Waals surface area contributed by atoms with Gasteiger partial charge in [-0.3, -0.25) is 9.78 Å². The highest BCUT2D eigenvalue weighted by atomic mass is 16.1. The number of Topliss-reactive ketones (excluding diaryl/α,β-unsaturated/α-hetero) is 1. The van der Waals surface area contributed by atoms with E-state index in [1.54, 1.807) is 6.20 Å². The van der Waals surface area contributed by atoms with Gasteiger partial charge in [0.2, 0.25) is 0 Å². The number of hydrogen-bond donors (Lipinski definition) is 0. The van der Waals surface area contributed by atoms with Crippen molar-refractivity contribution in [2.45, 2.75) is 45.4 Å². The molecule has 0 saturated carbocycles. The van der Waals surface area contributed by atoms with Crippen LogP contribution in [0.4, 0.5) is 0 Å². The number of carbonyl (C=O) groups is 1. The average Bonchev–Trinajstić information content (AvgIpc) is 2.55. The third-order valence-electron chi connectivity index (χ3n) is 3.68. The summed E-state index contributed by atoms with van der Waals surface area (Å²) in [6.45, 7) is 2.20. The monoisotopic (exact) mass is 281 g/mol. The fourth-order valence-corrected chi connectivity index (χ4v) is 2.50. The molecule has 1 aromatic carbocycles. The second-order valence-electron chi connectivity index (χ2n) is 5.35. The van der Waals surface area contributed by atoms with Crippen molar-refractivity contribution in [3.63, 3.8) is 0 Å². The molecule has 0 aliphatic heterocycles. The average molecular weight is 281 g/mol. The molecule has 0 spiro atoms. The molecule has 0 N–H and O–H groups in total. The molecule has 1 heterocycles. The topological polar surface area (TPSA) is 30.0 Å². The molecule has 0 saturated heterocycles. The maximum absolute atomic E-state index is 12.4. The van der Waals surface area contributed by atoms with Gasteiger partial charge in [0.05, 0.1) is 5.69 Å². The van der Waals surface area contributed by atoms with Gasteiger partial charge in [-0.15, -0.1) is 0 Å². The van der Waals surface area contributed by atoms with Crippen LogP contribution in [0.5, 0.6) is 0 Å².